The number of halogens is 1. The summed E-state index contributed by atoms with van der Waals surface area (Å²) >= 11 is 5.96. The molecular formula is C12H17ClN2. The average molecular weight is 225 g/mol. The third-order valence-corrected chi connectivity index (χ3v) is 3.57. The summed E-state index contributed by atoms with van der Waals surface area (Å²) in [6, 6.07) is 5.82. The van der Waals surface area contributed by atoms with Crippen LogP contribution in [-0.2, 0) is 6.54 Å². The van der Waals surface area contributed by atoms with Crippen molar-refractivity contribution in [1.29, 1.82) is 0 Å². The molecule has 0 aliphatic heterocycles. The molecule has 0 aromatic heterocycles. The van der Waals surface area contributed by atoms with Gasteiger partial charge in [-0.1, -0.05) is 17.7 Å². The van der Waals surface area contributed by atoms with Crippen LogP contribution >= 0.6 is 11.6 Å². The van der Waals surface area contributed by atoms with Gasteiger partial charge in [0.15, 0.2) is 0 Å². The largest absolute Gasteiger partial charge is 0.398 e. The Hall–Kier alpha value is -0.730. The minimum atomic E-state index is 0.341. The van der Waals surface area contributed by atoms with Gasteiger partial charge in [0.05, 0.1) is 10.7 Å². The smallest absolute Gasteiger partial charge is 0.0638 e. The predicted molar refractivity (Wildman–Crippen MR) is 65.0 cm³/mol. The molecule has 0 radical (unpaired) electrons. The molecule has 0 amide bonds. The van der Waals surface area contributed by atoms with E-state index in [1.54, 1.807) is 0 Å². The van der Waals surface area contributed by atoms with Crippen LogP contribution in [0.3, 0.4) is 0 Å². The molecule has 1 aromatic rings. The van der Waals surface area contributed by atoms with Gasteiger partial charge < -0.3 is 11.1 Å². The quantitative estimate of drug-likeness (QED) is 0.775. The lowest BCUT2D eigenvalue weighted by atomic mass is 9.78. The Morgan fingerprint density at radius 3 is 2.73 bits per heavy atom. The topological polar surface area (TPSA) is 38.0 Å². The lowest BCUT2D eigenvalue weighted by molar-refractivity contribution is 0.207. The van der Waals surface area contributed by atoms with Gasteiger partial charge in [-0.3, -0.25) is 0 Å². The number of nitrogens with two attached hydrogens (primary N) is 1. The zero-order valence-corrected chi connectivity index (χ0v) is 9.77. The van der Waals surface area contributed by atoms with Crippen LogP contribution in [0.15, 0.2) is 18.2 Å². The van der Waals surface area contributed by atoms with Crippen molar-refractivity contribution in [2.75, 3.05) is 5.73 Å². The van der Waals surface area contributed by atoms with Crippen LogP contribution in [0.2, 0.25) is 5.02 Å². The van der Waals surface area contributed by atoms with Crippen molar-refractivity contribution >= 4 is 17.3 Å². The SMILES string of the molecule is CC1(NCc2ccc(N)c(Cl)c2)CCC1. The maximum absolute atomic E-state index is 5.96. The van der Waals surface area contributed by atoms with Crippen LogP contribution in [0.1, 0.15) is 31.7 Å². The van der Waals surface area contributed by atoms with Crippen molar-refractivity contribution in [3.8, 4) is 0 Å². The summed E-state index contributed by atoms with van der Waals surface area (Å²) in [6.45, 7) is 3.14. The Labute approximate surface area is 95.8 Å². The Kier molecular flexibility index (Phi) is 2.89. The third-order valence-electron chi connectivity index (χ3n) is 3.24. The van der Waals surface area contributed by atoms with E-state index in [-0.39, 0.29) is 0 Å². The maximum Gasteiger partial charge on any atom is 0.0638 e. The number of nitrogen functional groups attached to an aromatic ring is 1. The number of hydrogen-bond acceptors (Lipinski definition) is 2. The first-order valence-electron chi connectivity index (χ1n) is 5.38. The molecule has 3 heteroatoms. The van der Waals surface area contributed by atoms with Gasteiger partial charge in [0.1, 0.15) is 0 Å². The summed E-state index contributed by atoms with van der Waals surface area (Å²) in [5, 5.41) is 4.21. The monoisotopic (exact) mass is 224 g/mol. The van der Waals surface area contributed by atoms with E-state index in [2.05, 4.69) is 12.2 Å². The van der Waals surface area contributed by atoms with Crippen LogP contribution in [0.5, 0.6) is 0 Å². The number of hydrogen-bond donors (Lipinski definition) is 2. The summed E-state index contributed by atoms with van der Waals surface area (Å²) < 4.78 is 0. The lowest BCUT2D eigenvalue weighted by Crippen LogP contribution is -2.47. The molecular weight excluding hydrogens is 208 g/mol. The Bertz CT molecular complexity index is 359. The molecule has 0 spiro atoms. The summed E-state index contributed by atoms with van der Waals surface area (Å²) in [5.74, 6) is 0. The fourth-order valence-electron chi connectivity index (χ4n) is 1.88. The minimum absolute atomic E-state index is 0.341. The normalized spacial score (nSPS) is 18.5. The van der Waals surface area contributed by atoms with Crippen molar-refractivity contribution in [2.45, 2.75) is 38.3 Å². The predicted octanol–water partition coefficient (Wildman–Crippen LogP) is 2.95. The van der Waals surface area contributed by atoms with Crippen LogP contribution in [0.25, 0.3) is 0 Å². The van der Waals surface area contributed by atoms with Crippen molar-refractivity contribution < 1.29 is 0 Å². The highest BCUT2D eigenvalue weighted by atomic mass is 35.5. The van der Waals surface area contributed by atoms with E-state index in [1.807, 2.05) is 18.2 Å². The van der Waals surface area contributed by atoms with Gasteiger partial charge in [0.2, 0.25) is 0 Å². The van der Waals surface area contributed by atoms with Crippen molar-refractivity contribution in [1.82, 2.24) is 5.32 Å². The third kappa shape index (κ3) is 2.44. The van der Waals surface area contributed by atoms with E-state index in [0.717, 1.165) is 6.54 Å². The van der Waals surface area contributed by atoms with Gasteiger partial charge in [0, 0.05) is 12.1 Å². The number of rotatable bonds is 3. The molecule has 0 bridgehead atoms. The number of anilines is 1. The summed E-state index contributed by atoms with van der Waals surface area (Å²) in [6.07, 6.45) is 3.89. The molecule has 1 fully saturated rings. The van der Waals surface area contributed by atoms with Crippen molar-refractivity contribution in [3.05, 3.63) is 28.8 Å². The number of benzene rings is 1. The van der Waals surface area contributed by atoms with Gasteiger partial charge >= 0.3 is 0 Å². The Morgan fingerprint density at radius 2 is 2.20 bits per heavy atom. The van der Waals surface area contributed by atoms with Gasteiger partial charge in [-0.2, -0.15) is 0 Å². The van der Waals surface area contributed by atoms with Crippen molar-refractivity contribution in [2.24, 2.45) is 0 Å². The van der Waals surface area contributed by atoms with Gasteiger partial charge in [-0.25, -0.2) is 0 Å². The molecule has 0 atom stereocenters. The van der Waals surface area contributed by atoms with Crippen LogP contribution in [-0.4, -0.2) is 5.54 Å². The van der Waals surface area contributed by atoms with Crippen LogP contribution in [0, 0.1) is 0 Å². The zero-order valence-electron chi connectivity index (χ0n) is 9.02. The molecule has 1 aliphatic carbocycles. The molecule has 82 valence electrons. The second-order valence-corrected chi connectivity index (χ2v) is 5.03. The standard InChI is InChI=1S/C12H17ClN2/c1-12(5-2-6-12)15-8-9-3-4-11(14)10(13)7-9/h3-4,7,15H,2,5-6,8,14H2,1H3. The van der Waals surface area contributed by atoms with Gasteiger partial charge in [0.25, 0.3) is 0 Å². The van der Waals surface area contributed by atoms with Crippen molar-refractivity contribution in [3.63, 3.8) is 0 Å². The lowest BCUT2D eigenvalue weighted by Gasteiger charge is -2.39. The first kappa shape index (κ1) is 10.8. The number of nitrogens with one attached hydrogen (secondary N) is 1. The molecule has 0 heterocycles. The Balaban J connectivity index is 1.96. The summed E-state index contributed by atoms with van der Waals surface area (Å²) in [5.41, 5.74) is 7.84. The second-order valence-electron chi connectivity index (χ2n) is 4.62. The fourth-order valence-corrected chi connectivity index (χ4v) is 2.08. The minimum Gasteiger partial charge on any atom is -0.398 e. The zero-order chi connectivity index (χ0) is 10.9. The second kappa shape index (κ2) is 4.03. The van der Waals surface area contributed by atoms with E-state index in [0.29, 0.717) is 16.2 Å². The van der Waals surface area contributed by atoms with Crippen LogP contribution < -0.4 is 11.1 Å². The fraction of sp³-hybridized carbons (Fsp3) is 0.500. The van der Waals surface area contributed by atoms with Crippen LogP contribution in [0.4, 0.5) is 5.69 Å². The molecule has 2 nitrogen and oxygen atoms in total. The molecule has 15 heavy (non-hydrogen) atoms. The molecule has 1 saturated carbocycles. The van der Waals surface area contributed by atoms with Gasteiger partial charge in [-0.05, 0) is 43.9 Å². The highest BCUT2D eigenvalue weighted by Gasteiger charge is 2.30. The molecule has 2 rings (SSSR count). The van der Waals surface area contributed by atoms with E-state index >= 15 is 0 Å². The van der Waals surface area contributed by atoms with E-state index in [9.17, 15) is 0 Å². The van der Waals surface area contributed by atoms with E-state index in [4.69, 9.17) is 17.3 Å². The first-order valence-corrected chi connectivity index (χ1v) is 5.76. The summed E-state index contributed by atoms with van der Waals surface area (Å²) in [4.78, 5) is 0. The maximum atomic E-state index is 5.96. The molecule has 0 saturated heterocycles. The molecule has 1 aromatic carbocycles. The Morgan fingerprint density at radius 1 is 1.47 bits per heavy atom. The highest BCUT2D eigenvalue weighted by molar-refractivity contribution is 6.33. The molecule has 0 unspecified atom stereocenters. The van der Waals surface area contributed by atoms with Gasteiger partial charge in [-0.15, -0.1) is 0 Å². The van der Waals surface area contributed by atoms with E-state index in [1.165, 1.54) is 24.8 Å². The first-order chi connectivity index (χ1) is 7.09. The highest BCUT2D eigenvalue weighted by Crippen LogP contribution is 2.31. The average Bonchev–Trinajstić information content (AvgIpc) is 2.17. The molecule has 1 aliphatic rings. The van der Waals surface area contributed by atoms with E-state index < -0.39 is 0 Å². The molecule has 3 N–H and O–H groups in total. The summed E-state index contributed by atoms with van der Waals surface area (Å²) in [7, 11) is 0.